The number of benzene rings is 1. The minimum atomic E-state index is -0.648. The minimum absolute atomic E-state index is 0.255. The molecule has 0 saturated heterocycles. The van der Waals surface area contributed by atoms with E-state index < -0.39 is 11.7 Å². The minimum Gasteiger partial charge on any atom is -0.493 e. The molecule has 1 aromatic carbocycles. The number of aromatic nitrogens is 3. The van der Waals surface area contributed by atoms with Gasteiger partial charge in [-0.25, -0.2) is 9.78 Å². The average molecular weight is 485 g/mol. The summed E-state index contributed by atoms with van der Waals surface area (Å²) in [5.74, 6) is 0.469. The van der Waals surface area contributed by atoms with E-state index in [-0.39, 0.29) is 11.7 Å². The molecule has 0 fully saturated rings. The van der Waals surface area contributed by atoms with Crippen LogP contribution in [0.4, 0.5) is 22.0 Å². The predicted octanol–water partition coefficient (Wildman–Crippen LogP) is 4.44. The molecule has 0 spiro atoms. The molecular weight excluding hydrogens is 460 g/mol. The van der Waals surface area contributed by atoms with Gasteiger partial charge in [-0.1, -0.05) is 17.7 Å². The molecule has 2 amide bonds. The Bertz CT molecular complexity index is 1250. The molecule has 0 saturated carbocycles. The van der Waals surface area contributed by atoms with Gasteiger partial charge in [0.05, 0.1) is 30.1 Å². The fraction of sp³-hybridized carbons (Fsp3) is 0.304. The largest absolute Gasteiger partial charge is 0.493 e. The van der Waals surface area contributed by atoms with Crippen molar-refractivity contribution in [3.8, 4) is 17.0 Å². The van der Waals surface area contributed by atoms with Crippen LogP contribution in [0, 0.1) is 0 Å². The Hall–Kier alpha value is -3.79. The number of fused-ring (bicyclic) bond motifs is 1. The number of halogens is 1. The topological polar surface area (TPSA) is 119 Å². The lowest BCUT2D eigenvalue weighted by atomic mass is 10.1. The van der Waals surface area contributed by atoms with E-state index in [1.807, 2.05) is 0 Å². The van der Waals surface area contributed by atoms with Crippen LogP contribution in [-0.2, 0) is 11.3 Å². The van der Waals surface area contributed by atoms with E-state index in [4.69, 9.17) is 21.1 Å². The Morgan fingerprint density at radius 3 is 2.79 bits per heavy atom. The van der Waals surface area contributed by atoms with Crippen LogP contribution in [0.2, 0.25) is 5.02 Å². The van der Waals surface area contributed by atoms with Crippen LogP contribution in [0.25, 0.3) is 11.3 Å². The van der Waals surface area contributed by atoms with Gasteiger partial charge in [-0.2, -0.15) is 5.10 Å². The molecule has 1 aliphatic heterocycles. The van der Waals surface area contributed by atoms with Crippen LogP contribution in [0.1, 0.15) is 31.3 Å². The lowest BCUT2D eigenvalue weighted by Crippen LogP contribution is -2.35. The number of nitrogens with one attached hydrogen (secondary N) is 3. The number of pyridine rings is 1. The second-order valence-corrected chi connectivity index (χ2v) is 8.96. The van der Waals surface area contributed by atoms with Crippen LogP contribution in [-0.4, -0.2) is 46.0 Å². The number of para-hydroxylation sites is 1. The van der Waals surface area contributed by atoms with E-state index in [1.165, 1.54) is 7.11 Å². The number of methoxy groups -OCH3 is 1. The summed E-state index contributed by atoms with van der Waals surface area (Å²) in [7, 11) is 1.52. The van der Waals surface area contributed by atoms with Crippen molar-refractivity contribution in [2.24, 2.45) is 0 Å². The predicted molar refractivity (Wildman–Crippen MR) is 129 cm³/mol. The zero-order chi connectivity index (χ0) is 24.5. The highest BCUT2D eigenvalue weighted by Crippen LogP contribution is 2.39. The summed E-state index contributed by atoms with van der Waals surface area (Å²) < 4.78 is 12.4. The number of carbonyl (C=O) groups excluding carboxylic acids is 2. The Morgan fingerprint density at radius 1 is 1.26 bits per heavy atom. The molecular formula is C23H25ClN6O4. The lowest BCUT2D eigenvalue weighted by Gasteiger charge is -2.19. The fourth-order valence-corrected chi connectivity index (χ4v) is 3.79. The van der Waals surface area contributed by atoms with Gasteiger partial charge in [0.15, 0.2) is 5.75 Å². The monoisotopic (exact) mass is 484 g/mol. The second kappa shape index (κ2) is 9.22. The number of hydrogen-bond donors (Lipinski definition) is 3. The lowest BCUT2D eigenvalue weighted by molar-refractivity contribution is 0.0635. The number of amides is 2. The Balaban J connectivity index is 1.76. The third-order valence-corrected chi connectivity index (χ3v) is 5.17. The molecule has 0 unspecified atom stereocenters. The average Bonchev–Trinajstić information content (AvgIpc) is 3.12. The van der Waals surface area contributed by atoms with E-state index >= 15 is 0 Å². The quantitative estimate of drug-likeness (QED) is 0.489. The third kappa shape index (κ3) is 4.91. The number of ether oxygens (including phenoxy) is 2. The molecule has 0 bridgehead atoms. The molecule has 3 heterocycles. The van der Waals surface area contributed by atoms with E-state index in [1.54, 1.807) is 62.0 Å². The summed E-state index contributed by atoms with van der Waals surface area (Å²) >= 11 is 6.29. The van der Waals surface area contributed by atoms with Gasteiger partial charge >= 0.3 is 6.09 Å². The molecule has 3 N–H and O–H groups in total. The first-order valence-corrected chi connectivity index (χ1v) is 11.0. The van der Waals surface area contributed by atoms with Gasteiger partial charge in [0.25, 0.3) is 5.91 Å². The highest BCUT2D eigenvalue weighted by molar-refractivity contribution is 6.32. The van der Waals surface area contributed by atoms with Gasteiger partial charge < -0.3 is 20.1 Å². The van der Waals surface area contributed by atoms with Crippen molar-refractivity contribution in [1.82, 2.24) is 20.1 Å². The van der Waals surface area contributed by atoms with Gasteiger partial charge in [-0.3, -0.25) is 14.8 Å². The number of nitrogens with zero attached hydrogens (tertiary/aromatic N) is 3. The van der Waals surface area contributed by atoms with E-state index in [0.29, 0.717) is 52.2 Å². The first-order chi connectivity index (χ1) is 16.2. The molecule has 0 aliphatic carbocycles. The summed E-state index contributed by atoms with van der Waals surface area (Å²) in [5, 5.41) is 13.8. The molecule has 3 aromatic rings. The maximum absolute atomic E-state index is 12.8. The van der Waals surface area contributed by atoms with Crippen molar-refractivity contribution in [2.45, 2.75) is 32.9 Å². The SMILES string of the molecule is COc1c(Cl)cccc1Nc1c(-c2ccnc(NC(=O)OC(C)(C)C)c2)nn2c1C(=O)NCC2. The maximum atomic E-state index is 12.8. The zero-order valence-electron chi connectivity index (χ0n) is 19.2. The Labute approximate surface area is 201 Å². The Kier molecular flexibility index (Phi) is 6.34. The summed E-state index contributed by atoms with van der Waals surface area (Å²) in [5.41, 5.74) is 1.92. The van der Waals surface area contributed by atoms with Gasteiger partial charge in [0.1, 0.15) is 22.8 Å². The fourth-order valence-electron chi connectivity index (χ4n) is 3.54. The highest BCUT2D eigenvalue weighted by atomic mass is 35.5. The number of anilines is 3. The zero-order valence-corrected chi connectivity index (χ0v) is 20.0. The van der Waals surface area contributed by atoms with E-state index in [9.17, 15) is 9.59 Å². The van der Waals surface area contributed by atoms with Crippen LogP contribution >= 0.6 is 11.6 Å². The number of carbonyl (C=O) groups is 2. The van der Waals surface area contributed by atoms with Gasteiger partial charge in [0.2, 0.25) is 0 Å². The summed E-state index contributed by atoms with van der Waals surface area (Å²) in [6, 6.07) is 8.69. The van der Waals surface area contributed by atoms with E-state index in [2.05, 4.69) is 26.0 Å². The molecule has 10 nitrogen and oxygen atoms in total. The first kappa shape index (κ1) is 23.4. The van der Waals surface area contributed by atoms with Gasteiger partial charge in [-0.05, 0) is 45.0 Å². The second-order valence-electron chi connectivity index (χ2n) is 8.55. The van der Waals surface area contributed by atoms with Crippen LogP contribution in [0.15, 0.2) is 36.5 Å². The Morgan fingerprint density at radius 2 is 2.06 bits per heavy atom. The number of hydrogen-bond acceptors (Lipinski definition) is 7. The van der Waals surface area contributed by atoms with Crippen LogP contribution in [0.3, 0.4) is 0 Å². The van der Waals surface area contributed by atoms with Crippen LogP contribution in [0.5, 0.6) is 5.75 Å². The summed E-state index contributed by atoms with van der Waals surface area (Å²) in [6.07, 6.45) is 0.923. The third-order valence-electron chi connectivity index (χ3n) is 4.87. The molecule has 0 atom stereocenters. The van der Waals surface area contributed by atoms with Crippen molar-refractivity contribution in [3.05, 3.63) is 47.2 Å². The molecule has 4 rings (SSSR count). The standard InChI is InChI=1S/C23H25ClN6O4/c1-23(2,3)34-22(32)28-16-12-13(8-9-25-16)17-18(19-21(31)26-10-11-30(19)29-17)27-15-7-5-6-14(24)20(15)33-4/h5-9,12,27H,10-11H2,1-4H3,(H,26,31)(H,25,28,32). The van der Waals surface area contributed by atoms with Crippen molar-refractivity contribution in [3.63, 3.8) is 0 Å². The molecule has 178 valence electrons. The maximum Gasteiger partial charge on any atom is 0.413 e. The number of rotatable bonds is 5. The van der Waals surface area contributed by atoms with E-state index in [0.717, 1.165) is 0 Å². The van der Waals surface area contributed by atoms with Gasteiger partial charge in [0, 0.05) is 18.3 Å². The van der Waals surface area contributed by atoms with Crippen molar-refractivity contribution >= 4 is 40.8 Å². The van der Waals surface area contributed by atoms with Crippen molar-refractivity contribution in [2.75, 3.05) is 24.3 Å². The normalized spacial score (nSPS) is 13.0. The summed E-state index contributed by atoms with van der Waals surface area (Å²) in [4.78, 5) is 29.2. The van der Waals surface area contributed by atoms with Crippen molar-refractivity contribution < 1.29 is 19.1 Å². The molecule has 2 aromatic heterocycles. The highest BCUT2D eigenvalue weighted by Gasteiger charge is 2.28. The van der Waals surface area contributed by atoms with Crippen LogP contribution < -0.4 is 20.7 Å². The molecule has 1 aliphatic rings. The molecule has 34 heavy (non-hydrogen) atoms. The van der Waals surface area contributed by atoms with Gasteiger partial charge in [-0.15, -0.1) is 0 Å². The summed E-state index contributed by atoms with van der Waals surface area (Å²) in [6.45, 7) is 6.31. The molecule has 0 radical (unpaired) electrons. The first-order valence-electron chi connectivity index (χ1n) is 10.6. The smallest absolute Gasteiger partial charge is 0.413 e. The van der Waals surface area contributed by atoms with Crippen molar-refractivity contribution in [1.29, 1.82) is 0 Å². The molecule has 11 heteroatoms.